The molecular formula is C18H26N2O3. The van der Waals surface area contributed by atoms with E-state index in [1.54, 1.807) is 0 Å². The zero-order valence-corrected chi connectivity index (χ0v) is 14.4. The smallest absolute Gasteiger partial charge is 0.407 e. The molecule has 1 amide bonds. The van der Waals surface area contributed by atoms with Gasteiger partial charge in [0.25, 0.3) is 0 Å². The van der Waals surface area contributed by atoms with Crippen molar-refractivity contribution in [3.05, 3.63) is 23.5 Å². The molecule has 0 aromatic carbocycles. The average Bonchev–Trinajstić information content (AvgIpc) is 2.74. The molecule has 2 N–H and O–H groups in total. The molecule has 0 atom stereocenters. The Morgan fingerprint density at radius 2 is 1.91 bits per heavy atom. The minimum Gasteiger partial charge on any atom is -0.444 e. The highest BCUT2D eigenvalue weighted by molar-refractivity contribution is 5.97. The van der Waals surface area contributed by atoms with Gasteiger partial charge in [0.1, 0.15) is 5.60 Å². The minimum atomic E-state index is -0.465. The minimum absolute atomic E-state index is 0.135. The van der Waals surface area contributed by atoms with Crippen LogP contribution in [0.5, 0.6) is 0 Å². The van der Waals surface area contributed by atoms with Crippen LogP contribution >= 0.6 is 0 Å². The Hall–Kier alpha value is -1.78. The second-order valence-electron chi connectivity index (χ2n) is 8.31. The largest absolute Gasteiger partial charge is 0.444 e. The topological polar surface area (TPSA) is 71.2 Å². The predicted molar refractivity (Wildman–Crippen MR) is 87.4 cm³/mol. The van der Waals surface area contributed by atoms with E-state index in [-0.39, 0.29) is 29.3 Å². The van der Waals surface area contributed by atoms with Gasteiger partial charge in [0.2, 0.25) is 0 Å². The van der Waals surface area contributed by atoms with Gasteiger partial charge in [-0.1, -0.05) is 0 Å². The molecule has 5 heteroatoms. The molecule has 1 heterocycles. The first-order valence-electron chi connectivity index (χ1n) is 8.35. The zero-order valence-electron chi connectivity index (χ0n) is 14.4. The fourth-order valence-corrected chi connectivity index (χ4v) is 3.93. The highest BCUT2D eigenvalue weighted by Crippen LogP contribution is 2.59. The van der Waals surface area contributed by atoms with Crippen LogP contribution in [-0.2, 0) is 4.74 Å². The number of carbonyl (C=O) groups is 2. The predicted octanol–water partition coefficient (Wildman–Crippen LogP) is 3.59. The summed E-state index contributed by atoms with van der Waals surface area (Å²) >= 11 is 0. The molecule has 2 saturated carbocycles. The fraction of sp³-hybridized carbons (Fsp3) is 0.667. The molecule has 0 radical (unpaired) electrons. The van der Waals surface area contributed by atoms with E-state index in [2.05, 4.69) is 10.3 Å². The van der Waals surface area contributed by atoms with Crippen LogP contribution in [0.15, 0.2) is 12.3 Å². The molecule has 1 aromatic heterocycles. The monoisotopic (exact) mass is 318 g/mol. The SMILES string of the molecule is Cc1c[nH]c(C(=O)C2CC3(CC(NC(=O)OC(C)(C)C)C3)C2)c1. The normalized spacial score (nSPS) is 29.6. The zero-order chi connectivity index (χ0) is 16.8. The van der Waals surface area contributed by atoms with Crippen LogP contribution in [0, 0.1) is 18.3 Å². The number of amides is 1. The number of Topliss-reactive ketones (excluding diaryl/α,β-unsaturated/α-hetero) is 1. The van der Waals surface area contributed by atoms with E-state index in [0.717, 1.165) is 36.9 Å². The molecule has 1 spiro atoms. The first kappa shape index (κ1) is 16.1. The van der Waals surface area contributed by atoms with E-state index in [1.807, 2.05) is 40.0 Å². The van der Waals surface area contributed by atoms with Gasteiger partial charge in [0, 0.05) is 18.2 Å². The van der Waals surface area contributed by atoms with Crippen LogP contribution in [-0.4, -0.2) is 28.5 Å². The summed E-state index contributed by atoms with van der Waals surface area (Å²) in [5.74, 6) is 0.364. The molecular weight excluding hydrogens is 292 g/mol. The Balaban J connectivity index is 1.43. The Bertz CT molecular complexity index is 612. The van der Waals surface area contributed by atoms with Crippen LogP contribution in [0.3, 0.4) is 0 Å². The lowest BCUT2D eigenvalue weighted by atomic mass is 9.49. The van der Waals surface area contributed by atoms with Crippen molar-refractivity contribution in [1.29, 1.82) is 0 Å². The van der Waals surface area contributed by atoms with Gasteiger partial charge in [-0.05, 0) is 70.4 Å². The summed E-state index contributed by atoms with van der Waals surface area (Å²) in [6.45, 7) is 7.56. The van der Waals surface area contributed by atoms with Crippen LogP contribution in [0.4, 0.5) is 4.79 Å². The van der Waals surface area contributed by atoms with Gasteiger partial charge < -0.3 is 15.0 Å². The molecule has 23 heavy (non-hydrogen) atoms. The van der Waals surface area contributed by atoms with E-state index in [1.165, 1.54) is 0 Å². The number of ether oxygens (including phenoxy) is 1. The summed E-state index contributed by atoms with van der Waals surface area (Å²) in [5.41, 5.74) is 1.62. The summed E-state index contributed by atoms with van der Waals surface area (Å²) < 4.78 is 5.28. The van der Waals surface area contributed by atoms with Crippen molar-refractivity contribution in [1.82, 2.24) is 10.3 Å². The lowest BCUT2D eigenvalue weighted by Gasteiger charge is -2.57. The Kier molecular flexibility index (Phi) is 3.77. The highest BCUT2D eigenvalue weighted by Gasteiger charge is 2.55. The summed E-state index contributed by atoms with van der Waals surface area (Å²) in [7, 11) is 0. The van der Waals surface area contributed by atoms with E-state index >= 15 is 0 Å². The average molecular weight is 318 g/mol. The number of hydrogen-bond acceptors (Lipinski definition) is 3. The first-order valence-corrected chi connectivity index (χ1v) is 8.35. The summed E-state index contributed by atoms with van der Waals surface area (Å²) in [6.07, 6.45) is 5.32. The van der Waals surface area contributed by atoms with Crippen molar-refractivity contribution in [3.8, 4) is 0 Å². The summed E-state index contributed by atoms with van der Waals surface area (Å²) in [4.78, 5) is 27.2. The van der Waals surface area contributed by atoms with E-state index in [4.69, 9.17) is 4.74 Å². The molecule has 0 saturated heterocycles. The van der Waals surface area contributed by atoms with Gasteiger partial charge in [0.15, 0.2) is 5.78 Å². The van der Waals surface area contributed by atoms with Gasteiger partial charge in [-0.15, -0.1) is 0 Å². The molecule has 1 aromatic rings. The van der Waals surface area contributed by atoms with Crippen LogP contribution in [0.1, 0.15) is 62.5 Å². The number of aromatic nitrogens is 1. The maximum Gasteiger partial charge on any atom is 0.407 e. The summed E-state index contributed by atoms with van der Waals surface area (Å²) in [5, 5.41) is 2.92. The third-order valence-corrected chi connectivity index (χ3v) is 4.90. The van der Waals surface area contributed by atoms with E-state index in [9.17, 15) is 9.59 Å². The maximum atomic E-state index is 12.4. The Morgan fingerprint density at radius 3 is 2.43 bits per heavy atom. The molecule has 0 aliphatic heterocycles. The number of ketones is 1. The first-order chi connectivity index (χ1) is 10.7. The highest BCUT2D eigenvalue weighted by atomic mass is 16.6. The number of carbonyl (C=O) groups excluding carboxylic acids is 2. The third-order valence-electron chi connectivity index (χ3n) is 4.90. The molecule has 0 bridgehead atoms. The van der Waals surface area contributed by atoms with Crippen LogP contribution < -0.4 is 5.32 Å². The molecule has 5 nitrogen and oxygen atoms in total. The third kappa shape index (κ3) is 3.43. The van der Waals surface area contributed by atoms with Crippen molar-refractivity contribution >= 4 is 11.9 Å². The van der Waals surface area contributed by atoms with E-state index in [0.29, 0.717) is 0 Å². The molecule has 3 rings (SSSR count). The van der Waals surface area contributed by atoms with Crippen LogP contribution in [0.2, 0.25) is 0 Å². The number of alkyl carbamates (subject to hydrolysis) is 1. The number of aryl methyl sites for hydroxylation is 1. The lowest BCUT2D eigenvalue weighted by Crippen LogP contribution is -2.57. The van der Waals surface area contributed by atoms with Crippen LogP contribution in [0.25, 0.3) is 0 Å². The fourth-order valence-electron chi connectivity index (χ4n) is 3.93. The number of nitrogens with one attached hydrogen (secondary N) is 2. The quantitative estimate of drug-likeness (QED) is 0.837. The Labute approximate surface area is 137 Å². The standard InChI is InChI=1S/C18H26N2O3/c1-11-5-14(19-10-11)15(21)12-6-18(7-12)8-13(9-18)20-16(22)23-17(2,3)4/h5,10,12-13,19H,6-9H2,1-4H3,(H,20,22). The second kappa shape index (κ2) is 5.39. The van der Waals surface area contributed by atoms with Crippen molar-refractivity contribution < 1.29 is 14.3 Å². The van der Waals surface area contributed by atoms with Gasteiger partial charge in [-0.2, -0.15) is 0 Å². The van der Waals surface area contributed by atoms with Gasteiger partial charge in [0.05, 0.1) is 5.69 Å². The van der Waals surface area contributed by atoms with Crippen molar-refractivity contribution in [2.75, 3.05) is 0 Å². The molecule has 0 unspecified atom stereocenters. The van der Waals surface area contributed by atoms with Crippen molar-refractivity contribution in [2.24, 2.45) is 11.3 Å². The van der Waals surface area contributed by atoms with Crippen molar-refractivity contribution in [3.63, 3.8) is 0 Å². The summed E-state index contributed by atoms with van der Waals surface area (Å²) in [6, 6.07) is 2.11. The van der Waals surface area contributed by atoms with E-state index < -0.39 is 5.60 Å². The number of H-pyrrole nitrogens is 1. The van der Waals surface area contributed by atoms with Gasteiger partial charge in [-0.25, -0.2) is 4.79 Å². The second-order valence-corrected chi connectivity index (χ2v) is 8.31. The van der Waals surface area contributed by atoms with Gasteiger partial charge >= 0.3 is 6.09 Å². The molecule has 126 valence electrons. The maximum absolute atomic E-state index is 12.4. The van der Waals surface area contributed by atoms with Crippen molar-refractivity contribution in [2.45, 2.75) is 65.0 Å². The number of hydrogen-bond donors (Lipinski definition) is 2. The Morgan fingerprint density at radius 1 is 1.26 bits per heavy atom. The molecule has 2 aliphatic carbocycles. The molecule has 2 fully saturated rings. The number of aromatic amines is 1. The van der Waals surface area contributed by atoms with Gasteiger partial charge in [-0.3, -0.25) is 4.79 Å². The number of rotatable bonds is 3. The molecule has 2 aliphatic rings. The lowest BCUT2D eigenvalue weighted by molar-refractivity contribution is -0.0411.